The number of nitrogens with zero attached hydrogens (tertiary/aromatic N) is 2. The van der Waals surface area contributed by atoms with Crippen LogP contribution in [0.15, 0.2) is 70.7 Å². The Kier molecular flexibility index (Phi) is 8.16. The van der Waals surface area contributed by atoms with Gasteiger partial charge in [-0.2, -0.15) is 0 Å². The number of benzene rings is 2. The molecule has 0 fully saturated rings. The second-order valence-electron chi connectivity index (χ2n) is 6.24. The van der Waals surface area contributed by atoms with E-state index in [2.05, 4.69) is 15.3 Å². The Hall–Kier alpha value is -2.05. The number of hydrogen-bond acceptors (Lipinski definition) is 4. The summed E-state index contributed by atoms with van der Waals surface area (Å²) < 4.78 is 0. The number of anilines is 1. The number of thioether (sulfide) groups is 1. The Bertz CT molecular complexity index is 1060. The minimum Gasteiger partial charge on any atom is -0.324 e. The molecule has 0 saturated carbocycles. The highest BCUT2D eigenvalue weighted by Crippen LogP contribution is 2.32. The molecule has 0 radical (unpaired) electrons. The Balaban J connectivity index is 1.65. The van der Waals surface area contributed by atoms with Gasteiger partial charge in [-0.05, 0) is 55.0 Å². The van der Waals surface area contributed by atoms with E-state index in [4.69, 9.17) is 34.8 Å². The summed E-state index contributed by atoms with van der Waals surface area (Å²) in [7, 11) is 0. The van der Waals surface area contributed by atoms with Crippen molar-refractivity contribution in [2.24, 2.45) is 4.99 Å². The molecule has 0 bridgehead atoms. The number of aromatic nitrogens is 1. The van der Waals surface area contributed by atoms with Crippen molar-refractivity contribution in [3.05, 3.63) is 81.6 Å². The first-order valence-electron chi connectivity index (χ1n) is 9.14. The molecule has 3 aromatic rings. The van der Waals surface area contributed by atoms with Crippen molar-refractivity contribution in [2.75, 3.05) is 5.32 Å². The predicted octanol–water partition coefficient (Wildman–Crippen LogP) is 7.30. The van der Waals surface area contributed by atoms with Crippen LogP contribution < -0.4 is 5.32 Å². The van der Waals surface area contributed by atoms with Gasteiger partial charge in [0.05, 0.1) is 26.7 Å². The second kappa shape index (κ2) is 10.8. The van der Waals surface area contributed by atoms with E-state index >= 15 is 0 Å². The summed E-state index contributed by atoms with van der Waals surface area (Å²) in [6.07, 6.45) is 3.97. The fourth-order valence-electron chi connectivity index (χ4n) is 2.55. The average molecular weight is 479 g/mol. The molecule has 1 N–H and O–H groups in total. The van der Waals surface area contributed by atoms with Crippen LogP contribution in [0.3, 0.4) is 0 Å². The van der Waals surface area contributed by atoms with E-state index in [0.717, 1.165) is 16.1 Å². The van der Waals surface area contributed by atoms with Crippen molar-refractivity contribution < 1.29 is 4.79 Å². The lowest BCUT2D eigenvalue weighted by Gasteiger charge is -2.16. The van der Waals surface area contributed by atoms with Crippen LogP contribution in [0.5, 0.6) is 0 Å². The molecule has 2 aromatic carbocycles. The van der Waals surface area contributed by atoms with Crippen molar-refractivity contribution >= 4 is 70.1 Å². The smallest absolute Gasteiger partial charge is 0.237 e. The highest BCUT2D eigenvalue weighted by Gasteiger charge is 2.19. The average Bonchev–Trinajstić information content (AvgIpc) is 2.75. The Morgan fingerprint density at radius 3 is 2.60 bits per heavy atom. The zero-order chi connectivity index (χ0) is 21.5. The maximum Gasteiger partial charge on any atom is 0.237 e. The van der Waals surface area contributed by atoms with Gasteiger partial charge in [0, 0.05) is 22.9 Å². The van der Waals surface area contributed by atoms with E-state index in [1.807, 2.05) is 37.3 Å². The van der Waals surface area contributed by atoms with Crippen molar-refractivity contribution in [1.82, 2.24) is 4.98 Å². The maximum absolute atomic E-state index is 12.7. The van der Waals surface area contributed by atoms with E-state index in [1.165, 1.54) is 11.8 Å². The lowest BCUT2D eigenvalue weighted by Crippen LogP contribution is -2.24. The molecule has 1 aromatic heterocycles. The quantitative estimate of drug-likeness (QED) is 0.220. The SMILES string of the molecule is CC[C@H](Sc1ccc(N=Cc2cccnc2Cl)cc1)C(=O)Nc1cccc(Cl)c1Cl. The number of carbonyl (C=O) groups excluding carboxylic acids is 1. The van der Waals surface area contributed by atoms with Gasteiger partial charge in [0.25, 0.3) is 0 Å². The highest BCUT2D eigenvalue weighted by atomic mass is 35.5. The fraction of sp³-hybridized carbons (Fsp3) is 0.136. The van der Waals surface area contributed by atoms with Crippen LogP contribution in [0.25, 0.3) is 0 Å². The fourth-order valence-corrected chi connectivity index (χ4v) is 4.02. The Morgan fingerprint density at radius 1 is 1.13 bits per heavy atom. The third-order valence-electron chi connectivity index (χ3n) is 4.13. The first kappa shape index (κ1) is 22.6. The molecular weight excluding hydrogens is 461 g/mol. The first-order valence-corrected chi connectivity index (χ1v) is 11.2. The van der Waals surface area contributed by atoms with Gasteiger partial charge >= 0.3 is 0 Å². The topological polar surface area (TPSA) is 54.4 Å². The molecule has 0 spiro atoms. The predicted molar refractivity (Wildman–Crippen MR) is 128 cm³/mol. The van der Waals surface area contributed by atoms with Crippen LogP contribution >= 0.6 is 46.6 Å². The van der Waals surface area contributed by atoms with E-state index in [1.54, 1.807) is 36.7 Å². The number of amides is 1. The van der Waals surface area contributed by atoms with E-state index in [9.17, 15) is 4.79 Å². The molecule has 1 amide bonds. The summed E-state index contributed by atoms with van der Waals surface area (Å²) in [4.78, 5) is 22.1. The minimum atomic E-state index is -0.274. The molecule has 0 aliphatic carbocycles. The number of carbonyl (C=O) groups is 1. The Labute approximate surface area is 194 Å². The molecular formula is C22H18Cl3N3OS. The molecule has 30 heavy (non-hydrogen) atoms. The standard InChI is InChI=1S/C22H18Cl3N3OS/c1-2-19(22(29)28-18-7-3-6-17(23)20(18)24)30-16-10-8-15(9-11-16)27-13-14-5-4-12-26-21(14)25/h3-13,19H,2H2,1H3,(H,28,29)/t19-/m0/s1. The second-order valence-corrected chi connectivity index (χ2v) is 8.66. The Morgan fingerprint density at radius 2 is 1.90 bits per heavy atom. The molecule has 154 valence electrons. The molecule has 0 aliphatic rings. The minimum absolute atomic E-state index is 0.125. The molecule has 3 rings (SSSR count). The van der Waals surface area contributed by atoms with Crippen LogP contribution in [0.1, 0.15) is 18.9 Å². The van der Waals surface area contributed by atoms with Crippen LogP contribution in [-0.4, -0.2) is 22.4 Å². The summed E-state index contributed by atoms with van der Waals surface area (Å²) in [6.45, 7) is 1.97. The van der Waals surface area contributed by atoms with Crippen LogP contribution in [-0.2, 0) is 4.79 Å². The molecule has 4 nitrogen and oxygen atoms in total. The number of pyridine rings is 1. The number of aliphatic imine (C=N–C) groups is 1. The molecule has 0 saturated heterocycles. The van der Waals surface area contributed by atoms with Crippen LogP contribution in [0, 0.1) is 0 Å². The van der Waals surface area contributed by atoms with Gasteiger partial charge in [-0.3, -0.25) is 9.79 Å². The third kappa shape index (κ3) is 5.99. The largest absolute Gasteiger partial charge is 0.324 e. The number of hydrogen-bond donors (Lipinski definition) is 1. The third-order valence-corrected chi connectivity index (χ3v) is 6.64. The zero-order valence-electron chi connectivity index (χ0n) is 16.0. The lowest BCUT2D eigenvalue weighted by molar-refractivity contribution is -0.115. The van der Waals surface area contributed by atoms with Gasteiger partial charge in [0.2, 0.25) is 5.91 Å². The number of rotatable bonds is 7. The van der Waals surface area contributed by atoms with Gasteiger partial charge in [-0.25, -0.2) is 4.98 Å². The van der Waals surface area contributed by atoms with E-state index < -0.39 is 0 Å². The van der Waals surface area contributed by atoms with Crippen LogP contribution in [0.4, 0.5) is 11.4 Å². The van der Waals surface area contributed by atoms with E-state index in [-0.39, 0.29) is 11.2 Å². The van der Waals surface area contributed by atoms with Crippen LogP contribution in [0.2, 0.25) is 15.2 Å². The van der Waals surface area contributed by atoms with Crippen molar-refractivity contribution in [3.63, 3.8) is 0 Å². The zero-order valence-corrected chi connectivity index (χ0v) is 19.1. The molecule has 0 aliphatic heterocycles. The molecule has 0 unspecified atom stereocenters. The van der Waals surface area contributed by atoms with Crippen molar-refractivity contribution in [3.8, 4) is 0 Å². The highest BCUT2D eigenvalue weighted by molar-refractivity contribution is 8.00. The summed E-state index contributed by atoms with van der Waals surface area (Å²) in [5.41, 5.74) is 2.04. The number of halogens is 3. The molecule has 1 atom stereocenters. The summed E-state index contributed by atoms with van der Waals surface area (Å²) in [6, 6.07) is 16.5. The number of nitrogens with one attached hydrogen (secondary N) is 1. The van der Waals surface area contributed by atoms with Gasteiger partial charge in [-0.15, -0.1) is 11.8 Å². The summed E-state index contributed by atoms with van der Waals surface area (Å²) in [5, 5.41) is 3.73. The first-order chi connectivity index (χ1) is 14.5. The van der Waals surface area contributed by atoms with Gasteiger partial charge in [0.15, 0.2) is 0 Å². The van der Waals surface area contributed by atoms with Gasteiger partial charge in [-0.1, -0.05) is 47.8 Å². The van der Waals surface area contributed by atoms with Gasteiger partial charge in [0.1, 0.15) is 5.15 Å². The monoisotopic (exact) mass is 477 g/mol. The maximum atomic E-state index is 12.7. The van der Waals surface area contributed by atoms with Gasteiger partial charge < -0.3 is 5.32 Å². The van der Waals surface area contributed by atoms with E-state index in [0.29, 0.717) is 27.3 Å². The summed E-state index contributed by atoms with van der Waals surface area (Å²) in [5.74, 6) is -0.125. The summed E-state index contributed by atoms with van der Waals surface area (Å²) >= 11 is 19.7. The molecule has 8 heteroatoms. The van der Waals surface area contributed by atoms with Crippen molar-refractivity contribution in [1.29, 1.82) is 0 Å². The van der Waals surface area contributed by atoms with Crippen molar-refractivity contribution in [2.45, 2.75) is 23.5 Å². The normalized spacial score (nSPS) is 12.1. The lowest BCUT2D eigenvalue weighted by atomic mass is 10.2. The molecule has 1 heterocycles.